The van der Waals surface area contributed by atoms with Crippen molar-refractivity contribution in [3.8, 4) is 11.1 Å². The molecule has 0 radical (unpaired) electrons. The number of nitrogens with zero attached hydrogens (tertiary/aromatic N) is 2. The predicted octanol–water partition coefficient (Wildman–Crippen LogP) is 5.68. The number of aromatic nitrogens is 1. The zero-order valence-electron chi connectivity index (χ0n) is 18.0. The first-order valence-electron chi connectivity index (χ1n) is 10.7. The lowest BCUT2D eigenvalue weighted by molar-refractivity contribution is 0.0951. The number of fused-ring (bicyclic) bond motifs is 1. The van der Waals surface area contributed by atoms with Crippen LogP contribution < -0.4 is 10.2 Å². The van der Waals surface area contributed by atoms with E-state index in [-0.39, 0.29) is 5.91 Å². The van der Waals surface area contributed by atoms with Gasteiger partial charge in [0.05, 0.1) is 5.52 Å². The van der Waals surface area contributed by atoms with Gasteiger partial charge in [-0.05, 0) is 61.4 Å². The van der Waals surface area contributed by atoms with Crippen molar-refractivity contribution in [3.63, 3.8) is 0 Å². The number of benzene rings is 3. The third-order valence-electron chi connectivity index (χ3n) is 5.57. The zero-order valence-corrected chi connectivity index (χ0v) is 18.0. The quantitative estimate of drug-likeness (QED) is 0.427. The van der Waals surface area contributed by atoms with Crippen molar-refractivity contribution in [3.05, 3.63) is 96.2 Å². The van der Waals surface area contributed by atoms with Crippen LogP contribution in [0, 0.1) is 0 Å². The number of amides is 1. The molecule has 0 saturated heterocycles. The van der Waals surface area contributed by atoms with Gasteiger partial charge in [0, 0.05) is 48.0 Å². The molecule has 1 amide bonds. The van der Waals surface area contributed by atoms with E-state index in [0.29, 0.717) is 12.1 Å². The third-order valence-corrected chi connectivity index (χ3v) is 5.57. The van der Waals surface area contributed by atoms with Gasteiger partial charge in [0.15, 0.2) is 0 Å². The van der Waals surface area contributed by atoms with Gasteiger partial charge >= 0.3 is 0 Å². The first-order valence-corrected chi connectivity index (χ1v) is 10.7. The van der Waals surface area contributed by atoms with Gasteiger partial charge < -0.3 is 10.2 Å². The number of rotatable bonds is 7. The lowest BCUT2D eigenvalue weighted by atomic mass is 10.0. The summed E-state index contributed by atoms with van der Waals surface area (Å²) in [6, 6.07) is 26.2. The Morgan fingerprint density at radius 2 is 1.65 bits per heavy atom. The number of hydrogen-bond acceptors (Lipinski definition) is 3. The van der Waals surface area contributed by atoms with E-state index >= 15 is 0 Å². The first-order chi connectivity index (χ1) is 15.2. The van der Waals surface area contributed by atoms with Crippen LogP contribution in [-0.2, 0) is 6.54 Å². The Morgan fingerprint density at radius 1 is 0.871 bits per heavy atom. The van der Waals surface area contributed by atoms with E-state index in [9.17, 15) is 4.79 Å². The topological polar surface area (TPSA) is 45.2 Å². The molecule has 0 saturated carbocycles. The molecule has 1 N–H and O–H groups in total. The molecule has 156 valence electrons. The van der Waals surface area contributed by atoms with Crippen LogP contribution in [0.25, 0.3) is 22.0 Å². The fraction of sp³-hybridized carbons (Fsp3) is 0.185. The highest BCUT2D eigenvalue weighted by Crippen LogP contribution is 2.23. The van der Waals surface area contributed by atoms with Gasteiger partial charge in [0.1, 0.15) is 0 Å². The Balaban J connectivity index is 1.45. The summed E-state index contributed by atoms with van der Waals surface area (Å²) in [6.45, 7) is 6.77. The molecule has 1 heterocycles. The molecule has 4 nitrogen and oxygen atoms in total. The molecule has 0 spiro atoms. The Labute approximate surface area is 183 Å². The van der Waals surface area contributed by atoms with Crippen molar-refractivity contribution in [1.82, 2.24) is 10.3 Å². The van der Waals surface area contributed by atoms with Crippen molar-refractivity contribution in [1.29, 1.82) is 0 Å². The summed E-state index contributed by atoms with van der Waals surface area (Å²) in [4.78, 5) is 19.6. The summed E-state index contributed by atoms with van der Waals surface area (Å²) in [5.41, 5.74) is 5.88. The largest absolute Gasteiger partial charge is 0.372 e. The second-order valence-electron chi connectivity index (χ2n) is 7.52. The number of para-hydroxylation sites is 1. The summed E-state index contributed by atoms with van der Waals surface area (Å²) in [5, 5.41) is 4.12. The second-order valence-corrected chi connectivity index (χ2v) is 7.52. The molecular weight excluding hydrogens is 382 g/mol. The molecule has 0 aliphatic carbocycles. The lowest BCUT2D eigenvalue weighted by Crippen LogP contribution is -2.23. The van der Waals surface area contributed by atoms with E-state index in [2.05, 4.69) is 59.4 Å². The van der Waals surface area contributed by atoms with E-state index < -0.39 is 0 Å². The normalized spacial score (nSPS) is 10.8. The number of carbonyl (C=O) groups excluding carboxylic acids is 1. The SMILES string of the molecule is CCN(CC)c1ccc(CNC(=O)c2cccc(-c3cnc4ccccc4c3)c2)cc1. The van der Waals surface area contributed by atoms with Gasteiger partial charge in [-0.1, -0.05) is 42.5 Å². The van der Waals surface area contributed by atoms with Crippen molar-refractivity contribution in [2.24, 2.45) is 0 Å². The van der Waals surface area contributed by atoms with Crippen molar-refractivity contribution < 1.29 is 4.79 Å². The highest BCUT2D eigenvalue weighted by Gasteiger charge is 2.09. The number of carbonyl (C=O) groups is 1. The highest BCUT2D eigenvalue weighted by molar-refractivity contribution is 5.95. The second kappa shape index (κ2) is 9.43. The standard InChI is InChI=1S/C27H27N3O/c1-3-30(4-2)25-14-12-20(13-15-25)18-29-27(31)23-10-7-9-21(16-23)24-17-22-8-5-6-11-26(22)28-19-24/h5-17,19H,3-4,18H2,1-2H3,(H,29,31). The van der Waals surface area contributed by atoms with Crippen molar-refractivity contribution >= 4 is 22.5 Å². The van der Waals surface area contributed by atoms with Crippen LogP contribution in [0.1, 0.15) is 29.8 Å². The summed E-state index contributed by atoms with van der Waals surface area (Å²) in [7, 11) is 0. The molecule has 4 heteroatoms. The Kier molecular flexibility index (Phi) is 6.27. The third kappa shape index (κ3) is 4.75. The summed E-state index contributed by atoms with van der Waals surface area (Å²) in [5.74, 6) is -0.0802. The Bertz CT molecular complexity index is 1180. The van der Waals surface area contributed by atoms with E-state index in [4.69, 9.17) is 0 Å². The maximum absolute atomic E-state index is 12.7. The van der Waals surface area contributed by atoms with Gasteiger partial charge in [0.25, 0.3) is 5.91 Å². The van der Waals surface area contributed by atoms with Crippen LogP contribution in [0.2, 0.25) is 0 Å². The zero-order chi connectivity index (χ0) is 21.6. The molecule has 31 heavy (non-hydrogen) atoms. The fourth-order valence-electron chi connectivity index (χ4n) is 3.77. The average Bonchev–Trinajstić information content (AvgIpc) is 2.84. The maximum atomic E-state index is 12.7. The molecule has 1 aromatic heterocycles. The van der Waals surface area contributed by atoms with E-state index in [1.54, 1.807) is 0 Å². The van der Waals surface area contributed by atoms with E-state index in [1.807, 2.05) is 54.7 Å². The van der Waals surface area contributed by atoms with E-state index in [0.717, 1.165) is 40.7 Å². The monoisotopic (exact) mass is 409 g/mol. The first kappa shape index (κ1) is 20.6. The number of pyridine rings is 1. The molecule has 0 fully saturated rings. The number of hydrogen-bond donors (Lipinski definition) is 1. The van der Waals surface area contributed by atoms with Crippen molar-refractivity contribution in [2.75, 3.05) is 18.0 Å². The number of anilines is 1. The van der Waals surface area contributed by atoms with Crippen molar-refractivity contribution in [2.45, 2.75) is 20.4 Å². The average molecular weight is 410 g/mol. The maximum Gasteiger partial charge on any atom is 0.251 e. The molecular formula is C27H27N3O. The van der Waals surface area contributed by atoms with Crippen LogP contribution >= 0.6 is 0 Å². The van der Waals surface area contributed by atoms with Crippen LogP contribution in [0.15, 0.2) is 85.1 Å². The van der Waals surface area contributed by atoms with Crippen LogP contribution in [0.3, 0.4) is 0 Å². The predicted molar refractivity (Wildman–Crippen MR) is 128 cm³/mol. The molecule has 0 aliphatic rings. The summed E-state index contributed by atoms with van der Waals surface area (Å²) < 4.78 is 0. The highest BCUT2D eigenvalue weighted by atomic mass is 16.1. The minimum atomic E-state index is -0.0802. The van der Waals surface area contributed by atoms with Gasteiger partial charge in [0.2, 0.25) is 0 Å². The minimum absolute atomic E-state index is 0.0802. The van der Waals surface area contributed by atoms with Crippen LogP contribution in [0.5, 0.6) is 0 Å². The van der Waals surface area contributed by atoms with Gasteiger partial charge in [-0.3, -0.25) is 9.78 Å². The molecule has 0 unspecified atom stereocenters. The Hall–Kier alpha value is -3.66. The molecule has 4 rings (SSSR count). The van der Waals surface area contributed by atoms with Crippen LogP contribution in [-0.4, -0.2) is 24.0 Å². The number of nitrogens with one attached hydrogen (secondary N) is 1. The smallest absolute Gasteiger partial charge is 0.251 e. The van der Waals surface area contributed by atoms with Gasteiger partial charge in [-0.25, -0.2) is 0 Å². The minimum Gasteiger partial charge on any atom is -0.372 e. The van der Waals surface area contributed by atoms with Gasteiger partial charge in [-0.15, -0.1) is 0 Å². The lowest BCUT2D eigenvalue weighted by Gasteiger charge is -2.21. The fourth-order valence-corrected chi connectivity index (χ4v) is 3.77. The van der Waals surface area contributed by atoms with Crippen LogP contribution in [0.4, 0.5) is 5.69 Å². The molecule has 0 bridgehead atoms. The summed E-state index contributed by atoms with van der Waals surface area (Å²) in [6.07, 6.45) is 1.86. The van der Waals surface area contributed by atoms with E-state index in [1.165, 1.54) is 5.69 Å². The summed E-state index contributed by atoms with van der Waals surface area (Å²) >= 11 is 0. The van der Waals surface area contributed by atoms with Gasteiger partial charge in [-0.2, -0.15) is 0 Å². The molecule has 4 aromatic rings. The molecule has 0 aliphatic heterocycles. The Morgan fingerprint density at radius 3 is 2.42 bits per heavy atom. The molecule has 3 aromatic carbocycles. The molecule has 0 atom stereocenters.